The number of carbonyl (C=O) groups excluding carboxylic acids is 1. The lowest BCUT2D eigenvalue weighted by Crippen LogP contribution is -2.48. The first-order chi connectivity index (χ1) is 11.9. The van der Waals surface area contributed by atoms with Crippen LogP contribution in [0.15, 0.2) is 40.9 Å². The number of hydrogen-bond acceptors (Lipinski definition) is 2. The minimum atomic E-state index is -0.539. The number of hydrogen-bond donors (Lipinski definition) is 1. The standard InChI is InChI=1S/C19H19BrF2N2O/c1-12-9-14(21)5-7-18(12)24-8-2-3-15(11-24)23-19(25)16-10-13(20)4-6-17(16)22/h4-7,9-10,15H,2-3,8,11H2,1H3,(H,23,25). The molecule has 0 aromatic heterocycles. The van der Waals surface area contributed by atoms with Crippen LogP contribution in [0.3, 0.4) is 0 Å². The van der Waals surface area contributed by atoms with Gasteiger partial charge in [-0.1, -0.05) is 15.9 Å². The van der Waals surface area contributed by atoms with E-state index in [1.165, 1.54) is 24.3 Å². The third-order valence-corrected chi connectivity index (χ3v) is 4.92. The van der Waals surface area contributed by atoms with Gasteiger partial charge in [-0.15, -0.1) is 0 Å². The SMILES string of the molecule is Cc1cc(F)ccc1N1CCCC(NC(=O)c2cc(Br)ccc2F)C1. The fourth-order valence-electron chi connectivity index (χ4n) is 3.22. The average molecular weight is 409 g/mol. The molecule has 1 N–H and O–H groups in total. The zero-order chi connectivity index (χ0) is 18.0. The van der Waals surface area contributed by atoms with Crippen molar-refractivity contribution in [2.75, 3.05) is 18.0 Å². The Hall–Kier alpha value is -1.95. The molecule has 2 aromatic carbocycles. The predicted molar refractivity (Wildman–Crippen MR) is 97.9 cm³/mol. The third kappa shape index (κ3) is 4.18. The molecular weight excluding hydrogens is 390 g/mol. The van der Waals surface area contributed by atoms with E-state index in [9.17, 15) is 13.6 Å². The second-order valence-electron chi connectivity index (χ2n) is 6.31. The molecule has 2 aromatic rings. The van der Waals surface area contributed by atoms with Crippen LogP contribution in [0.5, 0.6) is 0 Å². The highest BCUT2D eigenvalue weighted by atomic mass is 79.9. The maximum atomic E-state index is 13.9. The van der Waals surface area contributed by atoms with Gasteiger partial charge in [0.05, 0.1) is 5.56 Å². The molecule has 1 aliphatic heterocycles. The number of halogens is 3. The van der Waals surface area contributed by atoms with E-state index in [1.807, 2.05) is 6.92 Å². The summed E-state index contributed by atoms with van der Waals surface area (Å²) < 4.78 is 27.8. The van der Waals surface area contributed by atoms with E-state index in [0.717, 1.165) is 30.6 Å². The molecule has 1 unspecified atom stereocenters. The van der Waals surface area contributed by atoms with Gasteiger partial charge in [-0.05, 0) is 61.7 Å². The van der Waals surface area contributed by atoms with Gasteiger partial charge < -0.3 is 10.2 Å². The Morgan fingerprint density at radius 3 is 2.80 bits per heavy atom. The van der Waals surface area contributed by atoms with Gasteiger partial charge in [-0.3, -0.25) is 4.79 Å². The highest BCUT2D eigenvalue weighted by Gasteiger charge is 2.24. The molecule has 0 spiro atoms. The Balaban J connectivity index is 1.71. The van der Waals surface area contributed by atoms with Crippen molar-refractivity contribution < 1.29 is 13.6 Å². The summed E-state index contributed by atoms with van der Waals surface area (Å²) in [6, 6.07) is 8.96. The predicted octanol–water partition coefficient (Wildman–Crippen LogP) is 4.43. The molecule has 0 radical (unpaired) electrons. The van der Waals surface area contributed by atoms with E-state index in [1.54, 1.807) is 12.1 Å². The van der Waals surface area contributed by atoms with Gasteiger partial charge in [-0.25, -0.2) is 8.78 Å². The van der Waals surface area contributed by atoms with Crippen molar-refractivity contribution in [1.29, 1.82) is 0 Å². The Bertz CT molecular complexity index is 797. The topological polar surface area (TPSA) is 32.3 Å². The van der Waals surface area contributed by atoms with Crippen LogP contribution < -0.4 is 10.2 Å². The monoisotopic (exact) mass is 408 g/mol. The summed E-state index contributed by atoms with van der Waals surface area (Å²) >= 11 is 3.26. The van der Waals surface area contributed by atoms with Crippen molar-refractivity contribution in [2.24, 2.45) is 0 Å². The first-order valence-corrected chi connectivity index (χ1v) is 9.00. The Labute approximate surface area is 154 Å². The molecule has 1 fully saturated rings. The number of anilines is 1. The number of nitrogens with zero attached hydrogens (tertiary/aromatic N) is 1. The molecule has 1 aliphatic rings. The summed E-state index contributed by atoms with van der Waals surface area (Å²) in [5.41, 5.74) is 1.86. The zero-order valence-corrected chi connectivity index (χ0v) is 15.4. The van der Waals surface area contributed by atoms with Crippen molar-refractivity contribution in [2.45, 2.75) is 25.8 Å². The van der Waals surface area contributed by atoms with Gasteiger partial charge in [0, 0.05) is 29.3 Å². The molecule has 1 heterocycles. The van der Waals surface area contributed by atoms with Crippen LogP contribution in [0, 0.1) is 18.6 Å². The molecule has 25 heavy (non-hydrogen) atoms. The van der Waals surface area contributed by atoms with Crippen LogP contribution >= 0.6 is 15.9 Å². The number of benzene rings is 2. The number of piperidine rings is 1. The van der Waals surface area contributed by atoms with Crippen molar-refractivity contribution in [3.63, 3.8) is 0 Å². The quantitative estimate of drug-likeness (QED) is 0.814. The smallest absolute Gasteiger partial charge is 0.254 e. The van der Waals surface area contributed by atoms with Gasteiger partial charge >= 0.3 is 0 Å². The van der Waals surface area contributed by atoms with Crippen LogP contribution in [0.2, 0.25) is 0 Å². The van der Waals surface area contributed by atoms with E-state index in [0.29, 0.717) is 11.0 Å². The minimum Gasteiger partial charge on any atom is -0.369 e. The number of carbonyl (C=O) groups is 1. The summed E-state index contributed by atoms with van der Waals surface area (Å²) in [5.74, 6) is -1.21. The van der Waals surface area contributed by atoms with Gasteiger partial charge in [0.15, 0.2) is 0 Å². The third-order valence-electron chi connectivity index (χ3n) is 4.43. The van der Waals surface area contributed by atoms with Gasteiger partial charge in [0.2, 0.25) is 0 Å². The largest absolute Gasteiger partial charge is 0.369 e. The van der Waals surface area contributed by atoms with Crippen molar-refractivity contribution in [1.82, 2.24) is 5.32 Å². The summed E-state index contributed by atoms with van der Waals surface area (Å²) in [4.78, 5) is 14.5. The van der Waals surface area contributed by atoms with Gasteiger partial charge in [0.25, 0.3) is 5.91 Å². The van der Waals surface area contributed by atoms with Crippen LogP contribution in [-0.4, -0.2) is 25.0 Å². The molecule has 3 nitrogen and oxygen atoms in total. The highest BCUT2D eigenvalue weighted by molar-refractivity contribution is 9.10. The molecule has 1 atom stereocenters. The number of nitrogens with one attached hydrogen (secondary N) is 1. The van der Waals surface area contributed by atoms with E-state index in [-0.39, 0.29) is 17.4 Å². The lowest BCUT2D eigenvalue weighted by atomic mass is 10.0. The molecule has 132 valence electrons. The molecule has 3 rings (SSSR count). The van der Waals surface area contributed by atoms with Gasteiger partial charge in [-0.2, -0.15) is 0 Å². The molecule has 1 saturated heterocycles. The molecule has 0 saturated carbocycles. The lowest BCUT2D eigenvalue weighted by Gasteiger charge is -2.35. The number of amides is 1. The second kappa shape index (κ2) is 7.52. The van der Waals surface area contributed by atoms with Crippen LogP contribution in [0.25, 0.3) is 0 Å². The van der Waals surface area contributed by atoms with E-state index >= 15 is 0 Å². The molecule has 1 amide bonds. The maximum Gasteiger partial charge on any atom is 0.254 e. The van der Waals surface area contributed by atoms with Crippen LogP contribution in [-0.2, 0) is 0 Å². The van der Waals surface area contributed by atoms with Crippen molar-refractivity contribution >= 4 is 27.5 Å². The van der Waals surface area contributed by atoms with Crippen LogP contribution in [0.4, 0.5) is 14.5 Å². The Kier molecular flexibility index (Phi) is 5.37. The fraction of sp³-hybridized carbons (Fsp3) is 0.316. The van der Waals surface area contributed by atoms with Crippen molar-refractivity contribution in [3.8, 4) is 0 Å². The first-order valence-electron chi connectivity index (χ1n) is 8.21. The Morgan fingerprint density at radius 1 is 1.24 bits per heavy atom. The summed E-state index contributed by atoms with van der Waals surface area (Å²) in [6.45, 7) is 3.34. The fourth-order valence-corrected chi connectivity index (χ4v) is 3.58. The summed E-state index contributed by atoms with van der Waals surface area (Å²) in [7, 11) is 0. The highest BCUT2D eigenvalue weighted by Crippen LogP contribution is 2.25. The zero-order valence-electron chi connectivity index (χ0n) is 13.9. The van der Waals surface area contributed by atoms with Gasteiger partial charge in [0.1, 0.15) is 11.6 Å². The second-order valence-corrected chi connectivity index (χ2v) is 7.23. The first kappa shape index (κ1) is 17.9. The van der Waals surface area contributed by atoms with E-state index in [4.69, 9.17) is 0 Å². The summed E-state index contributed by atoms with van der Waals surface area (Å²) in [6.07, 6.45) is 1.74. The van der Waals surface area contributed by atoms with Crippen molar-refractivity contribution in [3.05, 3.63) is 63.6 Å². The maximum absolute atomic E-state index is 13.9. The normalized spacial score (nSPS) is 17.4. The number of aryl methyl sites for hydroxylation is 1. The molecule has 6 heteroatoms. The molecule has 0 bridgehead atoms. The van der Waals surface area contributed by atoms with E-state index in [2.05, 4.69) is 26.1 Å². The lowest BCUT2D eigenvalue weighted by molar-refractivity contribution is 0.0929. The van der Waals surface area contributed by atoms with E-state index < -0.39 is 11.7 Å². The minimum absolute atomic E-state index is 0.0319. The molecule has 0 aliphatic carbocycles. The molecular formula is C19H19BrF2N2O. The summed E-state index contributed by atoms with van der Waals surface area (Å²) in [5, 5.41) is 2.92. The number of rotatable bonds is 3. The average Bonchev–Trinajstić information content (AvgIpc) is 2.57. The Morgan fingerprint density at radius 2 is 2.04 bits per heavy atom. The van der Waals surface area contributed by atoms with Crippen LogP contribution in [0.1, 0.15) is 28.8 Å².